The number of piperidine rings is 1. The van der Waals surface area contributed by atoms with E-state index in [9.17, 15) is 4.79 Å². The maximum atomic E-state index is 11.0. The van der Waals surface area contributed by atoms with Gasteiger partial charge in [0.2, 0.25) is 5.91 Å². The number of anilines is 1. The summed E-state index contributed by atoms with van der Waals surface area (Å²) in [4.78, 5) is 16.2. The van der Waals surface area contributed by atoms with E-state index in [0.717, 1.165) is 37.6 Å². The lowest BCUT2D eigenvalue weighted by atomic mass is 9.86. The van der Waals surface area contributed by atoms with Crippen LogP contribution in [0.5, 0.6) is 11.5 Å². The molecule has 2 saturated heterocycles. The van der Waals surface area contributed by atoms with Crippen LogP contribution in [0.25, 0.3) is 0 Å². The molecule has 6 nitrogen and oxygen atoms in total. The lowest BCUT2D eigenvalue weighted by Gasteiger charge is -2.49. The Morgan fingerprint density at radius 3 is 2.71 bits per heavy atom. The SMILES string of the molecule is COc1cc(N2CCN3C(c4ccc(OCCCNC(C)=O)c(C)c4C)CCC[C@H]3C2)ccc1Cl. The fourth-order valence-electron chi connectivity index (χ4n) is 5.52. The van der Waals surface area contributed by atoms with Gasteiger partial charge in [0.1, 0.15) is 11.5 Å². The zero-order valence-electron chi connectivity index (χ0n) is 21.4. The summed E-state index contributed by atoms with van der Waals surface area (Å²) < 4.78 is 11.5. The Kier molecular flexibility index (Phi) is 8.45. The summed E-state index contributed by atoms with van der Waals surface area (Å²) in [6, 6.07) is 11.5. The van der Waals surface area contributed by atoms with Gasteiger partial charge in [0.05, 0.1) is 18.7 Å². The number of halogens is 1. The quantitative estimate of drug-likeness (QED) is 0.500. The van der Waals surface area contributed by atoms with E-state index in [1.807, 2.05) is 6.07 Å². The lowest BCUT2D eigenvalue weighted by molar-refractivity contribution is -0.118. The van der Waals surface area contributed by atoms with E-state index in [1.54, 1.807) is 7.11 Å². The first kappa shape index (κ1) is 25.6. The molecule has 0 aliphatic carbocycles. The van der Waals surface area contributed by atoms with Crippen LogP contribution in [0, 0.1) is 13.8 Å². The predicted octanol–water partition coefficient (Wildman–Crippen LogP) is 5.29. The molecule has 1 N–H and O–H groups in total. The molecule has 2 heterocycles. The fourth-order valence-corrected chi connectivity index (χ4v) is 5.71. The Bertz CT molecular complexity index is 1040. The van der Waals surface area contributed by atoms with Crippen molar-refractivity contribution in [1.82, 2.24) is 10.2 Å². The summed E-state index contributed by atoms with van der Waals surface area (Å²) in [5.41, 5.74) is 5.16. The number of rotatable bonds is 8. The van der Waals surface area contributed by atoms with Crippen LogP contribution in [0.2, 0.25) is 5.02 Å². The van der Waals surface area contributed by atoms with Crippen molar-refractivity contribution < 1.29 is 14.3 Å². The highest BCUT2D eigenvalue weighted by atomic mass is 35.5. The van der Waals surface area contributed by atoms with Crippen molar-refractivity contribution in [2.75, 3.05) is 44.8 Å². The predicted molar refractivity (Wildman–Crippen MR) is 142 cm³/mol. The molecule has 2 fully saturated rings. The molecule has 0 bridgehead atoms. The van der Waals surface area contributed by atoms with Gasteiger partial charge in [-0.2, -0.15) is 0 Å². The van der Waals surface area contributed by atoms with E-state index >= 15 is 0 Å². The summed E-state index contributed by atoms with van der Waals surface area (Å²) >= 11 is 6.25. The number of nitrogens with zero attached hydrogens (tertiary/aromatic N) is 2. The molecule has 190 valence electrons. The number of fused-ring (bicyclic) bond motifs is 1. The van der Waals surface area contributed by atoms with Crippen LogP contribution in [0.15, 0.2) is 30.3 Å². The maximum absolute atomic E-state index is 11.0. The Balaban J connectivity index is 1.43. The molecule has 0 saturated carbocycles. The Hall–Kier alpha value is -2.44. The molecule has 0 spiro atoms. The van der Waals surface area contributed by atoms with Crippen molar-refractivity contribution in [2.24, 2.45) is 0 Å². The van der Waals surface area contributed by atoms with Gasteiger partial charge in [-0.3, -0.25) is 9.69 Å². The average molecular weight is 500 g/mol. The number of piperazine rings is 1. The third-order valence-corrected chi connectivity index (χ3v) is 7.85. The summed E-state index contributed by atoms with van der Waals surface area (Å²) in [5, 5.41) is 3.47. The van der Waals surface area contributed by atoms with Crippen molar-refractivity contribution in [3.8, 4) is 11.5 Å². The van der Waals surface area contributed by atoms with E-state index in [2.05, 4.69) is 53.2 Å². The minimum Gasteiger partial charge on any atom is -0.495 e. The summed E-state index contributed by atoms with van der Waals surface area (Å²) in [5.74, 6) is 1.68. The van der Waals surface area contributed by atoms with Crippen LogP contribution in [0.3, 0.4) is 0 Å². The van der Waals surface area contributed by atoms with Gasteiger partial charge in [0.15, 0.2) is 0 Å². The van der Waals surface area contributed by atoms with Gasteiger partial charge >= 0.3 is 0 Å². The number of benzene rings is 2. The van der Waals surface area contributed by atoms with E-state index < -0.39 is 0 Å². The number of hydrogen-bond donors (Lipinski definition) is 1. The smallest absolute Gasteiger partial charge is 0.216 e. The van der Waals surface area contributed by atoms with Crippen molar-refractivity contribution in [3.63, 3.8) is 0 Å². The Morgan fingerprint density at radius 1 is 1.11 bits per heavy atom. The van der Waals surface area contributed by atoms with E-state index in [1.165, 1.54) is 48.6 Å². The zero-order chi connectivity index (χ0) is 24.9. The third kappa shape index (κ3) is 5.87. The minimum atomic E-state index is 0.000824. The molecule has 1 amide bonds. The first-order valence-electron chi connectivity index (χ1n) is 12.7. The highest BCUT2D eigenvalue weighted by Crippen LogP contribution is 2.40. The van der Waals surface area contributed by atoms with Gasteiger partial charge in [-0.1, -0.05) is 17.7 Å². The normalized spacial score (nSPS) is 20.3. The molecule has 2 aromatic rings. The Labute approximate surface area is 214 Å². The van der Waals surface area contributed by atoms with Crippen molar-refractivity contribution >= 4 is 23.2 Å². The number of nitrogens with one attached hydrogen (secondary N) is 1. The average Bonchev–Trinajstić information content (AvgIpc) is 2.86. The molecule has 1 unspecified atom stereocenters. The number of hydrogen-bond acceptors (Lipinski definition) is 5. The zero-order valence-corrected chi connectivity index (χ0v) is 22.2. The first-order valence-corrected chi connectivity index (χ1v) is 13.1. The fraction of sp³-hybridized carbons (Fsp3) is 0.536. The van der Waals surface area contributed by atoms with E-state index in [0.29, 0.717) is 30.3 Å². The largest absolute Gasteiger partial charge is 0.495 e. The second kappa shape index (κ2) is 11.5. The highest BCUT2D eigenvalue weighted by molar-refractivity contribution is 6.32. The van der Waals surface area contributed by atoms with Crippen molar-refractivity contribution in [3.05, 3.63) is 52.0 Å². The molecule has 2 aliphatic rings. The van der Waals surface area contributed by atoms with Gasteiger partial charge in [0.25, 0.3) is 0 Å². The molecule has 0 radical (unpaired) electrons. The molecule has 35 heavy (non-hydrogen) atoms. The van der Waals surface area contributed by atoms with E-state index in [-0.39, 0.29) is 5.91 Å². The van der Waals surface area contributed by atoms with Crippen LogP contribution < -0.4 is 19.7 Å². The molecule has 7 heteroatoms. The molecule has 2 aliphatic heterocycles. The van der Waals surface area contributed by atoms with Gasteiger partial charge in [-0.15, -0.1) is 0 Å². The van der Waals surface area contributed by atoms with Gasteiger partial charge in [0, 0.05) is 56.9 Å². The van der Waals surface area contributed by atoms with Crippen LogP contribution >= 0.6 is 11.6 Å². The summed E-state index contributed by atoms with van der Waals surface area (Å²) in [6.45, 7) is 10.2. The number of methoxy groups -OCH3 is 1. The van der Waals surface area contributed by atoms with Crippen LogP contribution in [-0.2, 0) is 4.79 Å². The molecular formula is C28H38ClN3O3. The second-order valence-corrected chi connectivity index (χ2v) is 10.1. The Morgan fingerprint density at radius 2 is 1.94 bits per heavy atom. The molecule has 2 aromatic carbocycles. The summed E-state index contributed by atoms with van der Waals surface area (Å²) in [7, 11) is 1.67. The van der Waals surface area contributed by atoms with Gasteiger partial charge in [-0.25, -0.2) is 0 Å². The maximum Gasteiger partial charge on any atom is 0.216 e. The van der Waals surface area contributed by atoms with Crippen molar-refractivity contribution in [2.45, 2.75) is 58.5 Å². The highest BCUT2D eigenvalue weighted by Gasteiger charge is 2.36. The topological polar surface area (TPSA) is 54.0 Å². The van der Waals surface area contributed by atoms with Crippen LogP contribution in [0.4, 0.5) is 5.69 Å². The van der Waals surface area contributed by atoms with E-state index in [4.69, 9.17) is 21.1 Å². The molecular weight excluding hydrogens is 462 g/mol. The molecule has 4 rings (SSSR count). The van der Waals surface area contributed by atoms with Crippen molar-refractivity contribution in [1.29, 1.82) is 0 Å². The number of carbonyl (C=O) groups excluding carboxylic acids is 1. The third-order valence-electron chi connectivity index (χ3n) is 7.53. The first-order chi connectivity index (χ1) is 16.9. The summed E-state index contributed by atoms with van der Waals surface area (Å²) in [6.07, 6.45) is 4.46. The van der Waals surface area contributed by atoms with Gasteiger partial charge in [-0.05, 0) is 74.4 Å². The standard InChI is InChI=1S/C28H38ClN3O3/c1-19-20(2)27(35-16-6-13-30-21(3)33)12-10-24(19)26-8-5-7-23-18-31(14-15-32(23)26)22-9-11-25(29)28(17-22)34-4/h9-12,17,23,26H,5-8,13-16,18H2,1-4H3,(H,30,33)/t23-,26?/m0/s1. The minimum absolute atomic E-state index is 0.000824. The number of amides is 1. The van der Waals surface area contributed by atoms with Crippen LogP contribution in [0.1, 0.15) is 55.3 Å². The van der Waals surface area contributed by atoms with Gasteiger partial charge < -0.3 is 19.7 Å². The number of ether oxygens (including phenoxy) is 2. The second-order valence-electron chi connectivity index (χ2n) is 9.69. The molecule has 2 atom stereocenters. The van der Waals surface area contributed by atoms with Crippen LogP contribution in [-0.4, -0.2) is 56.7 Å². The monoisotopic (exact) mass is 499 g/mol. The lowest BCUT2D eigenvalue weighted by Crippen LogP contribution is -2.56. The molecule has 0 aromatic heterocycles. The number of carbonyl (C=O) groups is 1.